The number of fused-ring (bicyclic) bond motifs is 1. The number of rotatable bonds is 4. The molecule has 3 aromatic rings. The van der Waals surface area contributed by atoms with E-state index in [0.717, 1.165) is 10.2 Å². The number of nitrogens with one attached hydrogen (secondary N) is 2. The first-order chi connectivity index (χ1) is 11.6. The fourth-order valence-corrected chi connectivity index (χ4v) is 3.20. The van der Waals surface area contributed by atoms with Gasteiger partial charge in [-0.15, -0.1) is 0 Å². The minimum atomic E-state index is -0.393. The van der Waals surface area contributed by atoms with Crippen LogP contribution in [0.3, 0.4) is 0 Å². The predicted molar refractivity (Wildman–Crippen MR) is 96.8 cm³/mol. The standard InChI is InChI=1S/C16H14ClN3O3S/c1-22-12-7-11-14(8-13(12)23-2)24-16(19-11)20-15(21)18-10-5-3-4-9(17)6-10/h3-8H,1-2H3,(H2,18,19,20,21). The molecule has 3 rings (SSSR count). The van der Waals surface area contributed by atoms with Crippen LogP contribution in [0.15, 0.2) is 36.4 Å². The summed E-state index contributed by atoms with van der Waals surface area (Å²) in [6.45, 7) is 0. The monoisotopic (exact) mass is 363 g/mol. The number of methoxy groups -OCH3 is 2. The summed E-state index contributed by atoms with van der Waals surface area (Å²) in [6, 6.07) is 10.1. The Hall–Kier alpha value is -2.51. The second kappa shape index (κ2) is 6.94. The van der Waals surface area contributed by atoms with Gasteiger partial charge in [-0.3, -0.25) is 5.32 Å². The van der Waals surface area contributed by atoms with Gasteiger partial charge in [0.15, 0.2) is 16.6 Å². The number of halogens is 1. The summed E-state index contributed by atoms with van der Waals surface area (Å²) in [6.07, 6.45) is 0. The fourth-order valence-electron chi connectivity index (χ4n) is 2.13. The lowest BCUT2D eigenvalue weighted by Crippen LogP contribution is -2.19. The van der Waals surface area contributed by atoms with Gasteiger partial charge >= 0.3 is 6.03 Å². The zero-order chi connectivity index (χ0) is 17.1. The second-order valence-electron chi connectivity index (χ2n) is 4.78. The number of anilines is 2. The van der Waals surface area contributed by atoms with Gasteiger partial charge < -0.3 is 14.8 Å². The van der Waals surface area contributed by atoms with E-state index >= 15 is 0 Å². The smallest absolute Gasteiger partial charge is 0.325 e. The molecule has 0 bridgehead atoms. The molecule has 0 fully saturated rings. The third-order valence-electron chi connectivity index (χ3n) is 3.20. The number of amides is 2. The number of nitrogens with zero attached hydrogens (tertiary/aromatic N) is 1. The lowest BCUT2D eigenvalue weighted by Gasteiger charge is -2.05. The maximum absolute atomic E-state index is 12.1. The molecule has 0 saturated heterocycles. The summed E-state index contributed by atoms with van der Waals surface area (Å²) < 4.78 is 11.4. The van der Waals surface area contributed by atoms with Gasteiger partial charge in [0.25, 0.3) is 0 Å². The van der Waals surface area contributed by atoms with Crippen molar-refractivity contribution in [2.75, 3.05) is 24.9 Å². The maximum Gasteiger partial charge on any atom is 0.325 e. The van der Waals surface area contributed by atoms with Crippen LogP contribution in [0, 0.1) is 0 Å². The summed E-state index contributed by atoms with van der Waals surface area (Å²) >= 11 is 7.24. The van der Waals surface area contributed by atoms with Crippen LogP contribution in [0.5, 0.6) is 11.5 Å². The Morgan fingerprint density at radius 1 is 1.12 bits per heavy atom. The molecule has 1 heterocycles. The van der Waals surface area contributed by atoms with E-state index in [4.69, 9.17) is 21.1 Å². The van der Waals surface area contributed by atoms with Crippen molar-refractivity contribution in [2.24, 2.45) is 0 Å². The van der Waals surface area contributed by atoms with Gasteiger partial charge in [0.05, 0.1) is 24.4 Å². The SMILES string of the molecule is COc1cc2nc(NC(=O)Nc3cccc(Cl)c3)sc2cc1OC. The van der Waals surface area contributed by atoms with Crippen LogP contribution in [0.2, 0.25) is 5.02 Å². The third-order valence-corrected chi connectivity index (χ3v) is 4.37. The zero-order valence-electron chi connectivity index (χ0n) is 12.9. The Balaban J connectivity index is 1.78. The van der Waals surface area contributed by atoms with E-state index in [1.165, 1.54) is 11.3 Å². The van der Waals surface area contributed by atoms with E-state index < -0.39 is 6.03 Å². The van der Waals surface area contributed by atoms with Crippen LogP contribution in [-0.2, 0) is 0 Å². The molecule has 0 aliphatic rings. The summed E-state index contributed by atoms with van der Waals surface area (Å²) in [5, 5.41) is 6.43. The number of carbonyl (C=O) groups excluding carboxylic acids is 1. The molecule has 124 valence electrons. The molecule has 24 heavy (non-hydrogen) atoms. The van der Waals surface area contributed by atoms with Crippen LogP contribution in [-0.4, -0.2) is 25.2 Å². The van der Waals surface area contributed by atoms with E-state index in [2.05, 4.69) is 15.6 Å². The van der Waals surface area contributed by atoms with Crippen LogP contribution in [0.25, 0.3) is 10.2 Å². The maximum atomic E-state index is 12.1. The van der Waals surface area contributed by atoms with Crippen molar-refractivity contribution in [3.8, 4) is 11.5 Å². The molecule has 0 atom stereocenters. The van der Waals surface area contributed by atoms with Crippen molar-refractivity contribution in [3.05, 3.63) is 41.4 Å². The number of urea groups is 1. The van der Waals surface area contributed by atoms with E-state index in [1.54, 1.807) is 44.6 Å². The van der Waals surface area contributed by atoms with Crippen LogP contribution in [0.4, 0.5) is 15.6 Å². The largest absolute Gasteiger partial charge is 0.493 e. The number of ether oxygens (including phenoxy) is 2. The van der Waals surface area contributed by atoms with Crippen molar-refractivity contribution in [2.45, 2.75) is 0 Å². The molecular formula is C16H14ClN3O3S. The van der Waals surface area contributed by atoms with Crippen molar-refractivity contribution >= 4 is 50.0 Å². The number of hydrogen-bond donors (Lipinski definition) is 2. The second-order valence-corrected chi connectivity index (χ2v) is 6.25. The molecule has 0 saturated carbocycles. The average Bonchev–Trinajstić information content (AvgIpc) is 2.94. The third kappa shape index (κ3) is 3.52. The summed E-state index contributed by atoms with van der Waals surface area (Å²) in [5.41, 5.74) is 1.32. The zero-order valence-corrected chi connectivity index (χ0v) is 14.5. The first kappa shape index (κ1) is 16.4. The molecule has 2 aromatic carbocycles. The quantitative estimate of drug-likeness (QED) is 0.709. The first-order valence-corrected chi connectivity index (χ1v) is 8.14. The highest BCUT2D eigenvalue weighted by atomic mass is 35.5. The minimum absolute atomic E-state index is 0.393. The minimum Gasteiger partial charge on any atom is -0.493 e. The molecule has 8 heteroatoms. The summed E-state index contributed by atoms with van der Waals surface area (Å²) in [7, 11) is 3.13. The molecule has 0 unspecified atom stereocenters. The number of thiazole rings is 1. The molecule has 6 nitrogen and oxygen atoms in total. The Morgan fingerprint density at radius 3 is 2.58 bits per heavy atom. The molecule has 0 radical (unpaired) electrons. The van der Waals surface area contributed by atoms with Crippen molar-refractivity contribution in [1.82, 2.24) is 4.98 Å². The predicted octanol–water partition coefficient (Wildman–Crippen LogP) is 4.61. The highest BCUT2D eigenvalue weighted by Crippen LogP contribution is 2.36. The van der Waals surface area contributed by atoms with Crippen molar-refractivity contribution in [3.63, 3.8) is 0 Å². The van der Waals surface area contributed by atoms with Crippen molar-refractivity contribution in [1.29, 1.82) is 0 Å². The average molecular weight is 364 g/mol. The van der Waals surface area contributed by atoms with E-state index in [1.807, 2.05) is 6.07 Å². The van der Waals surface area contributed by atoms with Crippen LogP contribution >= 0.6 is 22.9 Å². The number of hydrogen-bond acceptors (Lipinski definition) is 5. The Kier molecular flexibility index (Phi) is 4.73. The molecule has 0 aliphatic heterocycles. The highest BCUT2D eigenvalue weighted by molar-refractivity contribution is 7.22. The molecular weight excluding hydrogens is 350 g/mol. The Labute approximate surface area is 147 Å². The topological polar surface area (TPSA) is 72.5 Å². The van der Waals surface area contributed by atoms with E-state index in [0.29, 0.717) is 27.3 Å². The molecule has 2 amide bonds. The number of carbonyl (C=O) groups is 1. The van der Waals surface area contributed by atoms with E-state index in [-0.39, 0.29) is 0 Å². The number of benzene rings is 2. The van der Waals surface area contributed by atoms with Gasteiger partial charge in [-0.25, -0.2) is 9.78 Å². The molecule has 1 aromatic heterocycles. The summed E-state index contributed by atoms with van der Waals surface area (Å²) in [5.74, 6) is 1.20. The Bertz CT molecular complexity index is 856. The van der Waals surface area contributed by atoms with Gasteiger partial charge in [-0.1, -0.05) is 29.0 Å². The molecule has 0 spiro atoms. The lowest BCUT2D eigenvalue weighted by molar-refractivity contribution is 0.262. The fraction of sp³-hybridized carbons (Fsp3) is 0.125. The Morgan fingerprint density at radius 2 is 1.88 bits per heavy atom. The van der Waals surface area contributed by atoms with E-state index in [9.17, 15) is 4.79 Å². The highest BCUT2D eigenvalue weighted by Gasteiger charge is 2.12. The molecule has 2 N–H and O–H groups in total. The van der Waals surface area contributed by atoms with Gasteiger partial charge in [0.1, 0.15) is 0 Å². The van der Waals surface area contributed by atoms with Gasteiger partial charge in [0, 0.05) is 22.8 Å². The molecule has 0 aliphatic carbocycles. The van der Waals surface area contributed by atoms with Gasteiger partial charge in [-0.05, 0) is 18.2 Å². The summed E-state index contributed by atoms with van der Waals surface area (Å²) in [4.78, 5) is 16.4. The lowest BCUT2D eigenvalue weighted by atomic mass is 10.3. The van der Waals surface area contributed by atoms with Crippen LogP contribution < -0.4 is 20.1 Å². The normalized spacial score (nSPS) is 10.5. The van der Waals surface area contributed by atoms with Crippen LogP contribution in [0.1, 0.15) is 0 Å². The first-order valence-electron chi connectivity index (χ1n) is 6.95. The van der Waals surface area contributed by atoms with Crippen molar-refractivity contribution < 1.29 is 14.3 Å². The van der Waals surface area contributed by atoms with Gasteiger partial charge in [0.2, 0.25) is 0 Å². The number of aromatic nitrogens is 1. The van der Waals surface area contributed by atoms with Gasteiger partial charge in [-0.2, -0.15) is 0 Å².